The third kappa shape index (κ3) is 5.76. The van der Waals surface area contributed by atoms with Crippen LogP contribution in [0, 0.1) is 13.8 Å². The highest BCUT2D eigenvalue weighted by Crippen LogP contribution is 2.20. The molecule has 1 aromatic heterocycles. The third-order valence-electron chi connectivity index (χ3n) is 4.48. The molecule has 0 aliphatic carbocycles. The van der Waals surface area contributed by atoms with Crippen molar-refractivity contribution in [3.05, 3.63) is 59.2 Å². The number of anilines is 2. The highest BCUT2D eigenvalue weighted by atomic mass is 32.2. The summed E-state index contributed by atoms with van der Waals surface area (Å²) in [6.45, 7) is 5.83. The number of hydrogen-bond donors (Lipinski definition) is 3. The molecule has 0 atom stereocenters. The highest BCUT2D eigenvalue weighted by molar-refractivity contribution is 7.99. The van der Waals surface area contributed by atoms with E-state index in [-0.39, 0.29) is 17.6 Å². The summed E-state index contributed by atoms with van der Waals surface area (Å²) in [5.74, 6) is 7.08. The molecule has 3 aromatic rings. The number of amides is 1. The number of nitrogens with two attached hydrogens (primary N) is 1. The molecule has 162 valence electrons. The van der Waals surface area contributed by atoms with Crippen LogP contribution < -0.4 is 21.3 Å². The van der Waals surface area contributed by atoms with E-state index < -0.39 is 0 Å². The van der Waals surface area contributed by atoms with E-state index >= 15 is 0 Å². The number of hydrogen-bond acceptors (Lipinski definition) is 8. The topological polar surface area (TPSA) is 119 Å². The number of rotatable bonds is 8. The van der Waals surface area contributed by atoms with Crippen molar-refractivity contribution in [2.24, 2.45) is 5.10 Å². The fourth-order valence-electron chi connectivity index (χ4n) is 2.75. The first kappa shape index (κ1) is 22.2. The first-order chi connectivity index (χ1) is 14.9. The van der Waals surface area contributed by atoms with E-state index in [9.17, 15) is 4.79 Å². The molecule has 1 amide bonds. The summed E-state index contributed by atoms with van der Waals surface area (Å²) in [7, 11) is 1.62. The predicted octanol–water partition coefficient (Wildman–Crippen LogP) is 3.18. The number of hydrazone groups is 1. The molecule has 0 aliphatic heterocycles. The van der Waals surface area contributed by atoms with Gasteiger partial charge in [-0.05, 0) is 62.2 Å². The number of carbonyl (C=O) groups excluding carboxylic acids is 1. The molecule has 0 saturated carbocycles. The van der Waals surface area contributed by atoms with Crippen molar-refractivity contribution in [1.82, 2.24) is 14.9 Å². The van der Waals surface area contributed by atoms with Crippen LogP contribution in [0.25, 0.3) is 0 Å². The van der Waals surface area contributed by atoms with Gasteiger partial charge in [0, 0.05) is 5.69 Å². The van der Waals surface area contributed by atoms with Gasteiger partial charge in [0.2, 0.25) is 11.1 Å². The van der Waals surface area contributed by atoms with Gasteiger partial charge in [-0.1, -0.05) is 29.5 Å². The van der Waals surface area contributed by atoms with Gasteiger partial charge in [-0.3, -0.25) is 4.79 Å². The zero-order valence-electron chi connectivity index (χ0n) is 17.8. The molecule has 0 spiro atoms. The number of nitrogens with one attached hydrogen (secondary N) is 2. The normalized spacial score (nSPS) is 11.3. The summed E-state index contributed by atoms with van der Waals surface area (Å²) < 4.78 is 6.42. The molecule has 31 heavy (non-hydrogen) atoms. The number of nitrogens with zero attached hydrogens (tertiary/aromatic N) is 4. The number of carbonyl (C=O) groups is 1. The lowest BCUT2D eigenvalue weighted by atomic mass is 10.1. The van der Waals surface area contributed by atoms with Gasteiger partial charge in [0.25, 0.3) is 5.95 Å². The molecule has 9 nitrogen and oxygen atoms in total. The fraction of sp³-hybridized carbons (Fsp3) is 0.238. The van der Waals surface area contributed by atoms with Gasteiger partial charge in [0.15, 0.2) is 0 Å². The Hall–Kier alpha value is -3.53. The molecule has 0 bridgehead atoms. The smallest absolute Gasteiger partial charge is 0.264 e. The lowest BCUT2D eigenvalue weighted by Gasteiger charge is -2.09. The van der Waals surface area contributed by atoms with Crippen LogP contribution in [0.3, 0.4) is 0 Å². The van der Waals surface area contributed by atoms with Crippen molar-refractivity contribution in [2.75, 3.05) is 29.4 Å². The van der Waals surface area contributed by atoms with E-state index in [0.717, 1.165) is 33.8 Å². The van der Waals surface area contributed by atoms with Gasteiger partial charge in [0.1, 0.15) is 5.75 Å². The van der Waals surface area contributed by atoms with Crippen LogP contribution in [0.4, 0.5) is 11.6 Å². The molecule has 0 aliphatic rings. The van der Waals surface area contributed by atoms with Crippen LogP contribution in [0.2, 0.25) is 0 Å². The van der Waals surface area contributed by atoms with Gasteiger partial charge in [0.05, 0.1) is 18.6 Å². The molecule has 4 N–H and O–H groups in total. The van der Waals surface area contributed by atoms with Crippen molar-refractivity contribution in [3.63, 3.8) is 0 Å². The van der Waals surface area contributed by atoms with Crippen LogP contribution in [0.15, 0.2) is 52.7 Å². The van der Waals surface area contributed by atoms with E-state index in [2.05, 4.69) is 26.0 Å². The second-order valence-electron chi connectivity index (χ2n) is 6.87. The molecule has 10 heteroatoms. The quantitative estimate of drug-likeness (QED) is 0.213. The van der Waals surface area contributed by atoms with E-state index in [1.54, 1.807) is 7.11 Å². The van der Waals surface area contributed by atoms with Gasteiger partial charge >= 0.3 is 0 Å². The average Bonchev–Trinajstić information content (AvgIpc) is 3.12. The molecule has 0 radical (unpaired) electrons. The summed E-state index contributed by atoms with van der Waals surface area (Å²) in [4.78, 5) is 12.3. The summed E-state index contributed by atoms with van der Waals surface area (Å²) >= 11 is 1.19. The van der Waals surface area contributed by atoms with E-state index in [4.69, 9.17) is 10.6 Å². The molecular weight excluding hydrogens is 414 g/mol. The zero-order valence-corrected chi connectivity index (χ0v) is 18.7. The third-order valence-corrected chi connectivity index (χ3v) is 5.43. The van der Waals surface area contributed by atoms with Crippen molar-refractivity contribution < 1.29 is 9.53 Å². The number of thioether (sulfide) groups is 1. The van der Waals surface area contributed by atoms with Crippen LogP contribution in [0.1, 0.15) is 23.6 Å². The lowest BCUT2D eigenvalue weighted by molar-refractivity contribution is -0.113. The Morgan fingerprint density at radius 2 is 1.94 bits per heavy atom. The Labute approximate surface area is 185 Å². The van der Waals surface area contributed by atoms with Crippen molar-refractivity contribution in [2.45, 2.75) is 25.9 Å². The summed E-state index contributed by atoms with van der Waals surface area (Å²) in [5, 5.41) is 15.6. The minimum absolute atomic E-state index is 0.150. The molecule has 0 saturated heterocycles. The second-order valence-corrected chi connectivity index (χ2v) is 7.81. The van der Waals surface area contributed by atoms with Crippen molar-refractivity contribution in [1.29, 1.82) is 0 Å². The highest BCUT2D eigenvalue weighted by Gasteiger charge is 2.13. The largest absolute Gasteiger partial charge is 0.497 e. The molecule has 1 heterocycles. The Morgan fingerprint density at radius 1 is 1.19 bits per heavy atom. The standard InChI is InChI=1S/C21H25N7O2S/c1-13-5-10-18(14(2)11-13)23-19(29)12-31-21-27-26-20(28(21)22)25-24-15(3)16-6-8-17(30-4)9-7-16/h5-11H,12,22H2,1-4H3,(H,23,29)(H,25,26)/b24-15+. The van der Waals surface area contributed by atoms with Crippen LogP contribution >= 0.6 is 11.8 Å². The number of benzene rings is 2. The molecule has 3 rings (SSSR count). The van der Waals surface area contributed by atoms with Crippen molar-refractivity contribution in [3.8, 4) is 5.75 Å². The summed E-state index contributed by atoms with van der Waals surface area (Å²) in [6.07, 6.45) is 0. The van der Waals surface area contributed by atoms with E-state index in [0.29, 0.717) is 5.16 Å². The SMILES string of the molecule is COc1ccc(/C(C)=N/Nc2nnc(SCC(=O)Nc3ccc(C)cc3C)n2N)cc1. The van der Waals surface area contributed by atoms with Crippen LogP contribution in [0.5, 0.6) is 5.75 Å². The van der Waals surface area contributed by atoms with Crippen molar-refractivity contribution >= 4 is 35.0 Å². The van der Waals surface area contributed by atoms with E-state index in [1.165, 1.54) is 16.4 Å². The van der Waals surface area contributed by atoms with Gasteiger partial charge in [-0.15, -0.1) is 10.2 Å². The maximum atomic E-state index is 12.3. The van der Waals surface area contributed by atoms with Gasteiger partial charge in [-0.25, -0.2) is 10.1 Å². The molecule has 0 fully saturated rings. The van der Waals surface area contributed by atoms with Crippen LogP contribution in [-0.2, 0) is 4.79 Å². The van der Waals surface area contributed by atoms with Gasteiger partial charge < -0.3 is 15.9 Å². The number of methoxy groups -OCH3 is 1. The van der Waals surface area contributed by atoms with E-state index in [1.807, 2.05) is 63.2 Å². The lowest BCUT2D eigenvalue weighted by Crippen LogP contribution is -2.17. The fourth-order valence-corrected chi connectivity index (χ4v) is 3.41. The minimum Gasteiger partial charge on any atom is -0.497 e. The molecule has 2 aromatic carbocycles. The summed E-state index contributed by atoms with van der Waals surface area (Å²) in [6, 6.07) is 13.4. The molecular formula is C21H25N7O2S. The zero-order chi connectivity index (χ0) is 22.4. The van der Waals surface area contributed by atoms with Gasteiger partial charge in [-0.2, -0.15) is 5.10 Å². The summed E-state index contributed by atoms with van der Waals surface area (Å²) in [5.41, 5.74) is 7.42. The number of aromatic nitrogens is 3. The molecule has 0 unspecified atom stereocenters. The number of ether oxygens (including phenoxy) is 1. The maximum Gasteiger partial charge on any atom is 0.264 e. The number of aryl methyl sites for hydroxylation is 2. The predicted molar refractivity (Wildman–Crippen MR) is 124 cm³/mol. The Kier molecular flexibility index (Phi) is 7.14. The monoisotopic (exact) mass is 439 g/mol. The first-order valence-electron chi connectivity index (χ1n) is 9.52. The van der Waals surface area contributed by atoms with Crippen LogP contribution in [-0.4, -0.2) is 39.4 Å². The Balaban J connectivity index is 1.57. The first-order valence-corrected chi connectivity index (χ1v) is 10.5. The Bertz CT molecular complexity index is 1090. The minimum atomic E-state index is -0.150. The average molecular weight is 440 g/mol. The maximum absolute atomic E-state index is 12.3. The number of nitrogen functional groups attached to an aromatic ring is 1. The second kappa shape index (κ2) is 9.98. The Morgan fingerprint density at radius 3 is 2.61 bits per heavy atom.